The summed E-state index contributed by atoms with van der Waals surface area (Å²) in [5.41, 5.74) is 3.10. The average Bonchev–Trinajstić information content (AvgIpc) is 2.98. The van der Waals surface area contributed by atoms with E-state index in [0.717, 1.165) is 23.0 Å². The summed E-state index contributed by atoms with van der Waals surface area (Å²) in [7, 11) is -0.436. The first-order valence-corrected chi connectivity index (χ1v) is 11.9. The Bertz CT molecular complexity index is 922. The van der Waals surface area contributed by atoms with Gasteiger partial charge in [-0.15, -0.1) is 0 Å². The minimum Gasteiger partial charge on any atom is -0.399 e. The fourth-order valence-corrected chi connectivity index (χ4v) is 3.89. The van der Waals surface area contributed by atoms with E-state index in [-0.39, 0.29) is 18.4 Å². The van der Waals surface area contributed by atoms with Crippen molar-refractivity contribution < 1.29 is 19.2 Å². The van der Waals surface area contributed by atoms with E-state index in [4.69, 9.17) is 9.31 Å². The van der Waals surface area contributed by atoms with Crippen molar-refractivity contribution >= 4 is 18.5 Å². The molecule has 0 radical (unpaired) electrons. The molecule has 0 bridgehead atoms. The Balaban J connectivity index is 1.54. The summed E-state index contributed by atoms with van der Waals surface area (Å²) < 4.78 is 12.2. The molecule has 2 unspecified atom stereocenters. The van der Waals surface area contributed by atoms with Crippen molar-refractivity contribution in [2.24, 2.45) is 5.92 Å². The first-order chi connectivity index (χ1) is 15.4. The molecule has 2 aromatic rings. The highest BCUT2D eigenvalue weighted by molar-refractivity contribution is 6.62. The largest absolute Gasteiger partial charge is 0.494 e. The van der Waals surface area contributed by atoms with Crippen LogP contribution in [0.5, 0.6) is 0 Å². The van der Waals surface area contributed by atoms with Crippen LogP contribution >= 0.6 is 0 Å². The van der Waals surface area contributed by atoms with Gasteiger partial charge in [-0.3, -0.25) is 4.79 Å². The molecule has 1 saturated heterocycles. The van der Waals surface area contributed by atoms with Gasteiger partial charge in [-0.2, -0.15) is 0 Å². The van der Waals surface area contributed by atoms with Crippen molar-refractivity contribution in [3.63, 3.8) is 0 Å². The van der Waals surface area contributed by atoms with Gasteiger partial charge in [-0.1, -0.05) is 62.4 Å². The van der Waals surface area contributed by atoms with E-state index >= 15 is 0 Å². The highest BCUT2D eigenvalue weighted by Crippen LogP contribution is 2.36. The minimum absolute atomic E-state index is 0.0977. The summed E-state index contributed by atoms with van der Waals surface area (Å²) in [4.78, 5) is 12.6. The SMILES string of the molecule is CC(C)Cc1ccc(C(C)C(=O)NCC(O)c2ccc(B3OC(C)(C)C(C)(C)O3)cc2)cc1. The first kappa shape index (κ1) is 25.5. The second-order valence-electron chi connectivity index (χ2n) is 10.6. The average molecular weight is 451 g/mol. The van der Waals surface area contributed by atoms with Crippen LogP contribution in [-0.4, -0.2) is 35.9 Å². The van der Waals surface area contributed by atoms with Crippen molar-refractivity contribution in [2.75, 3.05) is 6.54 Å². The van der Waals surface area contributed by atoms with Crippen molar-refractivity contribution in [3.05, 3.63) is 65.2 Å². The molecule has 1 aliphatic rings. The summed E-state index contributed by atoms with van der Waals surface area (Å²) >= 11 is 0. The molecule has 0 aliphatic carbocycles. The molecule has 6 heteroatoms. The lowest BCUT2D eigenvalue weighted by atomic mass is 9.78. The van der Waals surface area contributed by atoms with Crippen LogP contribution in [-0.2, 0) is 20.5 Å². The van der Waals surface area contributed by atoms with E-state index < -0.39 is 24.4 Å². The highest BCUT2D eigenvalue weighted by atomic mass is 16.7. The number of carbonyl (C=O) groups is 1. The van der Waals surface area contributed by atoms with Gasteiger partial charge in [0.1, 0.15) is 0 Å². The lowest BCUT2D eigenvalue weighted by Crippen LogP contribution is -2.41. The smallest absolute Gasteiger partial charge is 0.399 e. The van der Waals surface area contributed by atoms with Gasteiger partial charge < -0.3 is 19.7 Å². The van der Waals surface area contributed by atoms with Crippen molar-refractivity contribution in [2.45, 2.75) is 78.1 Å². The van der Waals surface area contributed by atoms with E-state index in [9.17, 15) is 9.90 Å². The molecule has 2 atom stereocenters. The van der Waals surface area contributed by atoms with Crippen LogP contribution in [0.2, 0.25) is 0 Å². The first-order valence-electron chi connectivity index (χ1n) is 11.9. The standard InChI is InChI=1S/C27H38BNO4/c1-18(2)16-20-8-10-21(11-9-20)19(3)25(31)29-17-24(30)22-12-14-23(15-13-22)28-32-26(4,5)27(6,7)33-28/h8-15,18-19,24,30H,16-17H2,1-7H3,(H,29,31). The van der Waals surface area contributed by atoms with E-state index in [1.807, 2.05) is 71.0 Å². The minimum atomic E-state index is -0.790. The number of nitrogens with one attached hydrogen (secondary N) is 1. The number of carbonyl (C=O) groups excluding carboxylic acids is 1. The maximum Gasteiger partial charge on any atom is 0.494 e. The van der Waals surface area contributed by atoms with Crippen molar-refractivity contribution in [3.8, 4) is 0 Å². The molecule has 0 saturated carbocycles. The van der Waals surface area contributed by atoms with Crippen molar-refractivity contribution in [1.82, 2.24) is 5.32 Å². The molecule has 2 aromatic carbocycles. The highest BCUT2D eigenvalue weighted by Gasteiger charge is 2.51. The Morgan fingerprint density at radius 1 is 0.909 bits per heavy atom. The Kier molecular flexibility index (Phi) is 7.72. The quantitative estimate of drug-likeness (QED) is 0.592. The number of rotatable bonds is 8. The molecule has 0 aromatic heterocycles. The third-order valence-electron chi connectivity index (χ3n) is 6.83. The predicted octanol–water partition coefficient (Wildman–Crippen LogP) is 4.14. The molecule has 33 heavy (non-hydrogen) atoms. The van der Waals surface area contributed by atoms with Gasteiger partial charge in [0.2, 0.25) is 5.91 Å². The maximum atomic E-state index is 12.6. The molecular weight excluding hydrogens is 413 g/mol. The monoisotopic (exact) mass is 451 g/mol. The Labute approximate surface area is 199 Å². The fourth-order valence-electron chi connectivity index (χ4n) is 3.89. The summed E-state index contributed by atoms with van der Waals surface area (Å²) in [6.45, 7) is 14.5. The summed E-state index contributed by atoms with van der Waals surface area (Å²) in [6.07, 6.45) is 0.238. The Morgan fingerprint density at radius 3 is 1.94 bits per heavy atom. The Morgan fingerprint density at radius 2 is 1.42 bits per heavy atom. The van der Waals surface area contributed by atoms with E-state index in [0.29, 0.717) is 5.92 Å². The zero-order valence-electron chi connectivity index (χ0n) is 21.0. The molecule has 178 valence electrons. The number of hydrogen-bond acceptors (Lipinski definition) is 4. The van der Waals surface area contributed by atoms with Crippen LogP contribution in [0.4, 0.5) is 0 Å². The van der Waals surface area contributed by atoms with Crippen LogP contribution < -0.4 is 10.8 Å². The van der Waals surface area contributed by atoms with Crippen LogP contribution in [0.1, 0.15) is 77.2 Å². The zero-order chi connectivity index (χ0) is 24.4. The number of aliphatic hydroxyl groups excluding tert-OH is 1. The normalized spacial score (nSPS) is 18.9. The van der Waals surface area contributed by atoms with Gasteiger partial charge in [0.25, 0.3) is 0 Å². The van der Waals surface area contributed by atoms with Crippen LogP contribution in [0, 0.1) is 5.92 Å². The second kappa shape index (κ2) is 10.0. The molecule has 3 rings (SSSR count). The molecular formula is C27H38BNO4. The third kappa shape index (κ3) is 6.05. The van der Waals surface area contributed by atoms with Gasteiger partial charge in [0.05, 0.1) is 23.2 Å². The molecule has 1 heterocycles. The van der Waals surface area contributed by atoms with E-state index in [1.54, 1.807) is 0 Å². The molecule has 1 amide bonds. The number of aliphatic hydroxyl groups is 1. The molecule has 1 fully saturated rings. The summed E-state index contributed by atoms with van der Waals surface area (Å²) in [5.74, 6) is 0.222. The zero-order valence-corrected chi connectivity index (χ0v) is 21.0. The van der Waals surface area contributed by atoms with Crippen LogP contribution in [0.25, 0.3) is 0 Å². The summed E-state index contributed by atoms with van der Waals surface area (Å²) in [5, 5.41) is 13.5. The number of hydrogen-bond donors (Lipinski definition) is 2. The lowest BCUT2D eigenvalue weighted by Gasteiger charge is -2.32. The topological polar surface area (TPSA) is 67.8 Å². The van der Waals surface area contributed by atoms with Gasteiger partial charge >= 0.3 is 7.12 Å². The van der Waals surface area contributed by atoms with Gasteiger partial charge in [-0.25, -0.2) is 0 Å². The van der Waals surface area contributed by atoms with Gasteiger partial charge in [0.15, 0.2) is 0 Å². The van der Waals surface area contributed by atoms with Gasteiger partial charge in [0, 0.05) is 6.54 Å². The molecule has 5 nitrogen and oxygen atoms in total. The Hall–Kier alpha value is -2.15. The fraction of sp³-hybridized carbons (Fsp3) is 0.519. The molecule has 1 aliphatic heterocycles. The van der Waals surface area contributed by atoms with E-state index in [2.05, 4.69) is 31.3 Å². The maximum absolute atomic E-state index is 12.6. The summed E-state index contributed by atoms with van der Waals surface area (Å²) in [6, 6.07) is 15.8. The van der Waals surface area contributed by atoms with E-state index in [1.165, 1.54) is 5.56 Å². The molecule has 2 N–H and O–H groups in total. The molecule has 0 spiro atoms. The van der Waals surface area contributed by atoms with Crippen molar-refractivity contribution in [1.29, 1.82) is 0 Å². The van der Waals surface area contributed by atoms with Crippen LogP contribution in [0.15, 0.2) is 48.5 Å². The van der Waals surface area contributed by atoms with Gasteiger partial charge in [-0.05, 0) is 69.1 Å². The number of amides is 1. The second-order valence-corrected chi connectivity index (χ2v) is 10.6. The lowest BCUT2D eigenvalue weighted by molar-refractivity contribution is -0.122. The third-order valence-corrected chi connectivity index (χ3v) is 6.83. The van der Waals surface area contributed by atoms with Crippen LogP contribution in [0.3, 0.4) is 0 Å². The number of benzene rings is 2. The predicted molar refractivity (Wildman–Crippen MR) is 134 cm³/mol.